The van der Waals surface area contributed by atoms with Gasteiger partial charge in [-0.15, -0.1) is 0 Å². The van der Waals surface area contributed by atoms with E-state index in [-0.39, 0.29) is 17.3 Å². The number of benzene rings is 1. The number of sulfonamides is 1. The lowest BCUT2D eigenvalue weighted by atomic mass is 10.2. The van der Waals surface area contributed by atoms with Gasteiger partial charge in [0.1, 0.15) is 0 Å². The highest BCUT2D eigenvalue weighted by atomic mass is 79.9. The molecule has 1 aromatic carbocycles. The van der Waals surface area contributed by atoms with E-state index in [9.17, 15) is 13.2 Å². The lowest BCUT2D eigenvalue weighted by Crippen LogP contribution is -2.37. The van der Waals surface area contributed by atoms with E-state index in [2.05, 4.69) is 21.2 Å². The van der Waals surface area contributed by atoms with Crippen LogP contribution < -0.4 is 10.5 Å². The van der Waals surface area contributed by atoms with Crippen molar-refractivity contribution < 1.29 is 13.2 Å². The van der Waals surface area contributed by atoms with Gasteiger partial charge in [-0.3, -0.25) is 4.79 Å². The van der Waals surface area contributed by atoms with E-state index >= 15 is 0 Å². The van der Waals surface area contributed by atoms with Crippen LogP contribution in [0, 0.1) is 0 Å². The second-order valence-corrected chi connectivity index (χ2v) is 7.89. The smallest absolute Gasteiger partial charge is 0.238 e. The molecule has 0 aliphatic heterocycles. The summed E-state index contributed by atoms with van der Waals surface area (Å²) in [5.41, 5.74) is 0.673. The quantitative estimate of drug-likeness (QED) is 0.808. The van der Waals surface area contributed by atoms with E-state index in [1.807, 2.05) is 0 Å². The molecule has 100 valence electrons. The van der Waals surface area contributed by atoms with Crippen molar-refractivity contribution in [2.45, 2.75) is 29.6 Å². The number of nitrogens with two attached hydrogens (primary N) is 1. The molecule has 18 heavy (non-hydrogen) atoms. The monoisotopic (exact) mass is 334 g/mol. The number of carbonyl (C=O) groups excluding carboxylic acids is 1. The summed E-state index contributed by atoms with van der Waals surface area (Å²) < 4.78 is 21.7. The molecule has 0 spiro atoms. The SMILES string of the molecule is CC(C)(Br)C(=O)NCc1cccc(S(N)(=O)=O)c1. The maximum Gasteiger partial charge on any atom is 0.238 e. The first kappa shape index (κ1) is 15.1. The molecule has 0 fully saturated rings. The Bertz CT molecular complexity index is 550. The van der Waals surface area contributed by atoms with Crippen molar-refractivity contribution in [2.24, 2.45) is 5.14 Å². The van der Waals surface area contributed by atoms with Gasteiger partial charge in [0.25, 0.3) is 0 Å². The summed E-state index contributed by atoms with van der Waals surface area (Å²) in [4.78, 5) is 11.7. The first-order valence-corrected chi connectivity index (χ1v) is 7.53. The summed E-state index contributed by atoms with van der Waals surface area (Å²) in [6.07, 6.45) is 0. The maximum atomic E-state index is 11.6. The van der Waals surface area contributed by atoms with Crippen molar-refractivity contribution in [1.82, 2.24) is 5.32 Å². The zero-order valence-corrected chi connectivity index (χ0v) is 12.5. The standard InChI is InChI=1S/C11H15BrN2O3S/c1-11(2,12)10(15)14-7-8-4-3-5-9(6-8)18(13,16)17/h3-6H,7H2,1-2H3,(H,14,15)(H2,13,16,17). The van der Waals surface area contributed by atoms with Crippen molar-refractivity contribution in [3.05, 3.63) is 29.8 Å². The summed E-state index contributed by atoms with van der Waals surface area (Å²) in [5, 5.41) is 7.72. The summed E-state index contributed by atoms with van der Waals surface area (Å²) in [6.45, 7) is 3.70. The van der Waals surface area contributed by atoms with Gasteiger partial charge in [-0.2, -0.15) is 0 Å². The molecule has 0 radical (unpaired) electrons. The Morgan fingerprint density at radius 2 is 2.06 bits per heavy atom. The van der Waals surface area contributed by atoms with Crippen LogP contribution in [0.25, 0.3) is 0 Å². The first-order valence-electron chi connectivity index (χ1n) is 5.19. The lowest BCUT2D eigenvalue weighted by Gasteiger charge is -2.15. The molecular weight excluding hydrogens is 320 g/mol. The number of hydrogen-bond donors (Lipinski definition) is 2. The number of primary sulfonamides is 1. The van der Waals surface area contributed by atoms with Crippen LogP contribution >= 0.6 is 15.9 Å². The third kappa shape index (κ3) is 4.40. The summed E-state index contributed by atoms with van der Waals surface area (Å²) in [7, 11) is -3.71. The van der Waals surface area contributed by atoms with Crippen LogP contribution in [0.5, 0.6) is 0 Å². The van der Waals surface area contributed by atoms with E-state index in [4.69, 9.17) is 5.14 Å². The Morgan fingerprint density at radius 3 is 2.56 bits per heavy atom. The second kappa shape index (κ2) is 5.38. The molecule has 0 aliphatic rings. The molecule has 3 N–H and O–H groups in total. The molecule has 0 bridgehead atoms. The minimum atomic E-state index is -3.71. The van der Waals surface area contributed by atoms with Crippen molar-refractivity contribution in [3.8, 4) is 0 Å². The van der Waals surface area contributed by atoms with Crippen molar-refractivity contribution in [3.63, 3.8) is 0 Å². The number of alkyl halides is 1. The van der Waals surface area contributed by atoms with Gasteiger partial charge in [-0.1, -0.05) is 28.1 Å². The zero-order chi connectivity index (χ0) is 14.0. The van der Waals surface area contributed by atoms with Gasteiger partial charge in [0.2, 0.25) is 15.9 Å². The van der Waals surface area contributed by atoms with Gasteiger partial charge in [-0.05, 0) is 31.5 Å². The van der Waals surface area contributed by atoms with Crippen LogP contribution in [0.15, 0.2) is 29.2 Å². The van der Waals surface area contributed by atoms with Crippen LogP contribution in [-0.2, 0) is 21.4 Å². The lowest BCUT2D eigenvalue weighted by molar-refractivity contribution is -0.122. The number of amides is 1. The minimum absolute atomic E-state index is 0.0346. The van der Waals surface area contributed by atoms with E-state index in [1.165, 1.54) is 12.1 Å². The predicted octanol–water partition coefficient (Wildman–Crippen LogP) is 1.12. The molecular formula is C11H15BrN2O3S. The summed E-state index contributed by atoms with van der Waals surface area (Å²) in [5.74, 6) is -0.177. The molecule has 0 heterocycles. The van der Waals surface area contributed by atoms with Gasteiger partial charge in [0.05, 0.1) is 9.22 Å². The van der Waals surface area contributed by atoms with E-state index in [0.717, 1.165) is 0 Å². The Hall–Kier alpha value is -0.920. The maximum absolute atomic E-state index is 11.6. The number of halogens is 1. The average Bonchev–Trinajstić information content (AvgIpc) is 2.23. The van der Waals surface area contributed by atoms with Gasteiger partial charge in [-0.25, -0.2) is 13.6 Å². The van der Waals surface area contributed by atoms with Gasteiger partial charge >= 0.3 is 0 Å². The molecule has 1 rings (SSSR count). The molecule has 0 saturated heterocycles. The Kier molecular flexibility index (Phi) is 4.52. The molecule has 0 aliphatic carbocycles. The number of hydrogen-bond acceptors (Lipinski definition) is 3. The second-order valence-electron chi connectivity index (χ2n) is 4.35. The molecule has 1 amide bonds. The third-order valence-corrected chi connectivity index (χ3v) is 3.49. The Morgan fingerprint density at radius 1 is 1.44 bits per heavy atom. The normalized spacial score (nSPS) is 12.2. The summed E-state index contributed by atoms with van der Waals surface area (Å²) >= 11 is 3.24. The highest BCUT2D eigenvalue weighted by molar-refractivity contribution is 9.10. The average molecular weight is 335 g/mol. The topological polar surface area (TPSA) is 89.3 Å². The predicted molar refractivity (Wildman–Crippen MR) is 72.7 cm³/mol. The highest BCUT2D eigenvalue weighted by Gasteiger charge is 2.22. The van der Waals surface area contributed by atoms with Crippen LogP contribution in [0.2, 0.25) is 0 Å². The van der Waals surface area contributed by atoms with E-state index < -0.39 is 14.3 Å². The van der Waals surface area contributed by atoms with E-state index in [1.54, 1.807) is 26.0 Å². The van der Waals surface area contributed by atoms with Crippen LogP contribution in [-0.4, -0.2) is 18.6 Å². The Labute approximate surface area is 115 Å². The fraction of sp³-hybridized carbons (Fsp3) is 0.364. The number of carbonyl (C=O) groups is 1. The van der Waals surface area contributed by atoms with Crippen LogP contribution in [0.4, 0.5) is 0 Å². The first-order chi connectivity index (χ1) is 8.10. The van der Waals surface area contributed by atoms with Crippen LogP contribution in [0.1, 0.15) is 19.4 Å². The molecule has 0 saturated carbocycles. The molecule has 7 heteroatoms. The van der Waals surface area contributed by atoms with Crippen LogP contribution in [0.3, 0.4) is 0 Å². The minimum Gasteiger partial charge on any atom is -0.351 e. The zero-order valence-electron chi connectivity index (χ0n) is 10.1. The number of nitrogens with one attached hydrogen (secondary N) is 1. The molecule has 0 atom stereocenters. The molecule has 5 nitrogen and oxygen atoms in total. The fourth-order valence-electron chi connectivity index (χ4n) is 1.22. The molecule has 0 aromatic heterocycles. The summed E-state index contributed by atoms with van der Waals surface area (Å²) in [6, 6.07) is 6.16. The van der Waals surface area contributed by atoms with Gasteiger partial charge in [0.15, 0.2) is 0 Å². The largest absolute Gasteiger partial charge is 0.351 e. The fourth-order valence-corrected chi connectivity index (χ4v) is 1.95. The third-order valence-electron chi connectivity index (χ3n) is 2.22. The van der Waals surface area contributed by atoms with E-state index in [0.29, 0.717) is 5.56 Å². The Balaban J connectivity index is 2.79. The van der Waals surface area contributed by atoms with Crippen molar-refractivity contribution in [1.29, 1.82) is 0 Å². The number of rotatable bonds is 4. The van der Waals surface area contributed by atoms with Crippen molar-refractivity contribution >= 4 is 31.9 Å². The van der Waals surface area contributed by atoms with Gasteiger partial charge in [0, 0.05) is 6.54 Å². The van der Waals surface area contributed by atoms with Gasteiger partial charge < -0.3 is 5.32 Å². The molecule has 1 aromatic rings. The van der Waals surface area contributed by atoms with Crippen molar-refractivity contribution in [2.75, 3.05) is 0 Å². The highest BCUT2D eigenvalue weighted by Crippen LogP contribution is 2.16. The molecule has 0 unspecified atom stereocenters.